The number of benzene rings is 1. The second-order valence-corrected chi connectivity index (χ2v) is 7.55. The summed E-state index contributed by atoms with van der Waals surface area (Å²) >= 11 is 7.28. The summed E-state index contributed by atoms with van der Waals surface area (Å²) in [7, 11) is 0. The van der Waals surface area contributed by atoms with Gasteiger partial charge in [-0.3, -0.25) is 9.59 Å². The van der Waals surface area contributed by atoms with E-state index < -0.39 is 17.8 Å². The number of amides is 1. The van der Waals surface area contributed by atoms with E-state index in [1.807, 2.05) is 31.2 Å². The molecule has 0 bridgehead atoms. The van der Waals surface area contributed by atoms with Gasteiger partial charge in [-0.25, -0.2) is 4.98 Å². The number of nitrogens with zero attached hydrogens (tertiary/aromatic N) is 1. The molecule has 0 aliphatic heterocycles. The molecule has 0 fully saturated rings. The van der Waals surface area contributed by atoms with E-state index in [4.69, 9.17) is 11.6 Å². The van der Waals surface area contributed by atoms with E-state index in [2.05, 4.69) is 10.3 Å². The van der Waals surface area contributed by atoms with Crippen molar-refractivity contribution in [2.45, 2.75) is 19.8 Å². The van der Waals surface area contributed by atoms with Crippen LogP contribution in [0.2, 0.25) is 5.02 Å². The standard InChI is InChI=1S/C18H17ClN2O3S/c1-10-15(11-6-8-12(19)9-7-11)20-18(25-10)21-16(22)13-4-2-3-5-14(13)17(23)24/h2-3,6-9,13-14H,4-5H2,1H3,(H,23,24)(H,20,21,22). The molecule has 0 saturated carbocycles. The van der Waals surface area contributed by atoms with Gasteiger partial charge < -0.3 is 10.4 Å². The molecule has 1 amide bonds. The number of carboxylic acid groups (broad SMARTS) is 1. The van der Waals surface area contributed by atoms with Crippen molar-refractivity contribution in [3.8, 4) is 11.3 Å². The Labute approximate surface area is 154 Å². The minimum absolute atomic E-state index is 0.298. The van der Waals surface area contributed by atoms with Gasteiger partial charge in [0.05, 0.1) is 17.5 Å². The van der Waals surface area contributed by atoms with Gasteiger partial charge in [-0.15, -0.1) is 11.3 Å². The van der Waals surface area contributed by atoms with Crippen molar-refractivity contribution in [3.63, 3.8) is 0 Å². The number of carbonyl (C=O) groups excluding carboxylic acids is 1. The molecule has 3 rings (SSSR count). The summed E-state index contributed by atoms with van der Waals surface area (Å²) < 4.78 is 0. The molecule has 2 N–H and O–H groups in total. The molecule has 1 aliphatic rings. The van der Waals surface area contributed by atoms with E-state index >= 15 is 0 Å². The predicted octanol–water partition coefficient (Wildman–Crippen LogP) is 4.38. The van der Waals surface area contributed by atoms with Crippen molar-refractivity contribution >= 4 is 39.9 Å². The number of carboxylic acids is 1. The summed E-state index contributed by atoms with van der Waals surface area (Å²) in [6.07, 6.45) is 4.47. The zero-order valence-corrected chi connectivity index (χ0v) is 15.1. The Kier molecular flexibility index (Phi) is 5.20. The van der Waals surface area contributed by atoms with Crippen LogP contribution in [0.5, 0.6) is 0 Å². The average Bonchev–Trinajstić information content (AvgIpc) is 2.95. The third-order valence-corrected chi connectivity index (χ3v) is 5.37. The first-order valence-electron chi connectivity index (χ1n) is 7.87. The lowest BCUT2D eigenvalue weighted by Crippen LogP contribution is -2.34. The molecule has 5 nitrogen and oxygen atoms in total. The number of rotatable bonds is 4. The van der Waals surface area contributed by atoms with Crippen LogP contribution in [0.1, 0.15) is 17.7 Å². The molecule has 1 aromatic carbocycles. The molecule has 0 radical (unpaired) electrons. The minimum Gasteiger partial charge on any atom is -0.481 e. The Bertz CT molecular complexity index is 829. The Morgan fingerprint density at radius 3 is 2.48 bits per heavy atom. The molecule has 2 atom stereocenters. The van der Waals surface area contributed by atoms with Gasteiger partial charge in [-0.1, -0.05) is 35.9 Å². The quantitative estimate of drug-likeness (QED) is 0.776. The molecule has 2 aromatic rings. The van der Waals surface area contributed by atoms with Crippen molar-refractivity contribution in [1.82, 2.24) is 4.98 Å². The molecule has 1 aromatic heterocycles. The Morgan fingerprint density at radius 2 is 1.84 bits per heavy atom. The number of aryl methyl sites for hydroxylation is 1. The van der Waals surface area contributed by atoms with E-state index in [0.717, 1.165) is 16.1 Å². The summed E-state index contributed by atoms with van der Waals surface area (Å²) in [6.45, 7) is 1.93. The average molecular weight is 377 g/mol. The highest BCUT2D eigenvalue weighted by Crippen LogP contribution is 2.32. The molecule has 130 valence electrons. The van der Waals surface area contributed by atoms with Gasteiger partial charge in [-0.05, 0) is 31.9 Å². The highest BCUT2D eigenvalue weighted by Gasteiger charge is 2.34. The van der Waals surface area contributed by atoms with Crippen LogP contribution in [-0.4, -0.2) is 22.0 Å². The van der Waals surface area contributed by atoms with Gasteiger partial charge >= 0.3 is 5.97 Å². The summed E-state index contributed by atoms with van der Waals surface area (Å²) in [5, 5.41) is 13.2. The van der Waals surface area contributed by atoms with Crippen molar-refractivity contribution in [3.05, 3.63) is 46.3 Å². The molecule has 1 aliphatic carbocycles. The van der Waals surface area contributed by atoms with Crippen LogP contribution in [0.4, 0.5) is 5.13 Å². The molecule has 2 unspecified atom stereocenters. The van der Waals surface area contributed by atoms with E-state index in [-0.39, 0.29) is 5.91 Å². The maximum atomic E-state index is 12.5. The van der Waals surface area contributed by atoms with Gasteiger partial charge in [0.1, 0.15) is 0 Å². The first-order chi connectivity index (χ1) is 12.0. The lowest BCUT2D eigenvalue weighted by molar-refractivity contribution is -0.146. The fourth-order valence-corrected chi connectivity index (χ4v) is 3.87. The summed E-state index contributed by atoms with van der Waals surface area (Å²) in [5.41, 5.74) is 1.71. The zero-order chi connectivity index (χ0) is 18.0. The number of aliphatic carboxylic acids is 1. The normalized spacial score (nSPS) is 19.6. The molecule has 0 saturated heterocycles. The number of nitrogens with one attached hydrogen (secondary N) is 1. The van der Waals surface area contributed by atoms with Crippen LogP contribution < -0.4 is 5.32 Å². The highest BCUT2D eigenvalue weighted by atomic mass is 35.5. The summed E-state index contributed by atoms with van der Waals surface area (Å²) in [4.78, 5) is 29.3. The van der Waals surface area contributed by atoms with Gasteiger partial charge in [0.25, 0.3) is 0 Å². The second-order valence-electron chi connectivity index (χ2n) is 5.91. The van der Waals surface area contributed by atoms with Crippen LogP contribution in [0.3, 0.4) is 0 Å². The topological polar surface area (TPSA) is 79.3 Å². The van der Waals surface area contributed by atoms with Crippen LogP contribution >= 0.6 is 22.9 Å². The Balaban J connectivity index is 1.78. The van der Waals surface area contributed by atoms with Gasteiger partial charge in [0, 0.05) is 15.5 Å². The lowest BCUT2D eigenvalue weighted by Gasteiger charge is -2.23. The number of anilines is 1. The number of aromatic nitrogens is 1. The van der Waals surface area contributed by atoms with E-state index in [1.165, 1.54) is 11.3 Å². The SMILES string of the molecule is Cc1sc(NC(=O)C2CC=CCC2C(=O)O)nc1-c1ccc(Cl)cc1. The van der Waals surface area contributed by atoms with Crippen LogP contribution in [0, 0.1) is 18.8 Å². The largest absolute Gasteiger partial charge is 0.481 e. The first kappa shape index (κ1) is 17.6. The Hall–Kier alpha value is -2.18. The van der Waals surface area contributed by atoms with E-state index in [0.29, 0.717) is 23.0 Å². The maximum Gasteiger partial charge on any atom is 0.307 e. The number of allylic oxidation sites excluding steroid dienone is 2. The van der Waals surface area contributed by atoms with Gasteiger partial charge in [0.2, 0.25) is 5.91 Å². The number of thiazole rings is 1. The molecular weight excluding hydrogens is 360 g/mol. The lowest BCUT2D eigenvalue weighted by atomic mass is 9.82. The number of hydrogen-bond acceptors (Lipinski definition) is 4. The van der Waals surface area contributed by atoms with Crippen LogP contribution in [-0.2, 0) is 9.59 Å². The summed E-state index contributed by atoms with van der Waals surface area (Å²) in [5.74, 6) is -2.51. The maximum absolute atomic E-state index is 12.5. The number of carbonyl (C=O) groups is 2. The van der Waals surface area contributed by atoms with Crippen molar-refractivity contribution in [1.29, 1.82) is 0 Å². The van der Waals surface area contributed by atoms with Crippen LogP contribution in [0.15, 0.2) is 36.4 Å². The molecular formula is C18H17ClN2O3S. The van der Waals surface area contributed by atoms with Crippen LogP contribution in [0.25, 0.3) is 11.3 Å². The molecule has 0 spiro atoms. The van der Waals surface area contributed by atoms with Gasteiger partial charge in [-0.2, -0.15) is 0 Å². The van der Waals surface area contributed by atoms with Crippen molar-refractivity contribution in [2.75, 3.05) is 5.32 Å². The molecule has 7 heteroatoms. The smallest absolute Gasteiger partial charge is 0.307 e. The fourth-order valence-electron chi connectivity index (χ4n) is 2.90. The van der Waals surface area contributed by atoms with Crippen molar-refractivity contribution in [2.24, 2.45) is 11.8 Å². The van der Waals surface area contributed by atoms with Crippen molar-refractivity contribution < 1.29 is 14.7 Å². The fraction of sp³-hybridized carbons (Fsp3) is 0.278. The number of halogens is 1. The van der Waals surface area contributed by atoms with E-state index in [9.17, 15) is 14.7 Å². The Morgan fingerprint density at radius 1 is 1.20 bits per heavy atom. The minimum atomic E-state index is -0.943. The van der Waals surface area contributed by atoms with Gasteiger partial charge in [0.15, 0.2) is 5.13 Å². The second kappa shape index (κ2) is 7.37. The predicted molar refractivity (Wildman–Crippen MR) is 98.9 cm³/mol. The van der Waals surface area contributed by atoms with E-state index in [1.54, 1.807) is 12.1 Å². The highest BCUT2D eigenvalue weighted by molar-refractivity contribution is 7.16. The molecule has 1 heterocycles. The third-order valence-electron chi connectivity index (χ3n) is 4.23. The summed E-state index contributed by atoms with van der Waals surface area (Å²) in [6, 6.07) is 7.34. The third kappa shape index (κ3) is 3.91. The zero-order valence-electron chi connectivity index (χ0n) is 13.5. The molecule has 25 heavy (non-hydrogen) atoms. The first-order valence-corrected chi connectivity index (χ1v) is 9.07. The monoisotopic (exact) mass is 376 g/mol. The number of hydrogen-bond donors (Lipinski definition) is 2.